The molecule has 150 valence electrons. The van der Waals surface area contributed by atoms with E-state index >= 15 is 0 Å². The van der Waals surface area contributed by atoms with Gasteiger partial charge in [-0.3, -0.25) is 24.2 Å². The van der Waals surface area contributed by atoms with Crippen molar-refractivity contribution in [1.82, 2.24) is 4.90 Å². The van der Waals surface area contributed by atoms with Gasteiger partial charge in [-0.2, -0.15) is 0 Å². The molecule has 0 aromatic heterocycles. The fourth-order valence-corrected chi connectivity index (χ4v) is 4.03. The largest absolute Gasteiger partial charge is 0.497 e. The number of carbonyl (C=O) groups excluding carboxylic acids is 3. The van der Waals surface area contributed by atoms with Gasteiger partial charge in [0.25, 0.3) is 5.78 Å². The van der Waals surface area contributed by atoms with Crippen molar-refractivity contribution in [3.63, 3.8) is 0 Å². The number of ketones is 2. The van der Waals surface area contributed by atoms with Crippen molar-refractivity contribution in [2.45, 2.75) is 19.8 Å². The average Bonchev–Trinajstić information content (AvgIpc) is 2.98. The van der Waals surface area contributed by atoms with Gasteiger partial charge < -0.3 is 4.74 Å². The zero-order valence-electron chi connectivity index (χ0n) is 16.7. The highest BCUT2D eigenvalue weighted by atomic mass is 16.5. The number of Topliss-reactive ketones (excluding diaryl/α,β-unsaturated/α-hetero) is 2. The van der Waals surface area contributed by atoms with Crippen LogP contribution in [-0.2, 0) is 4.79 Å². The maximum absolute atomic E-state index is 12.7. The molecule has 0 radical (unpaired) electrons. The van der Waals surface area contributed by atoms with Crippen LogP contribution in [0.1, 0.15) is 39.1 Å². The number of fused-ring (bicyclic) bond motifs is 1. The number of likely N-dealkylation sites (tertiary alicyclic amines) is 1. The lowest BCUT2D eigenvalue weighted by Gasteiger charge is -2.34. The molecule has 6 nitrogen and oxygen atoms in total. The topological polar surface area (TPSA) is 66.9 Å². The zero-order valence-corrected chi connectivity index (χ0v) is 16.7. The van der Waals surface area contributed by atoms with Gasteiger partial charge in [-0.1, -0.05) is 29.8 Å². The molecule has 2 heterocycles. The summed E-state index contributed by atoms with van der Waals surface area (Å²) < 4.78 is 5.24. The van der Waals surface area contributed by atoms with Crippen molar-refractivity contribution in [2.24, 2.45) is 5.92 Å². The van der Waals surface area contributed by atoms with Crippen LogP contribution in [0.4, 0.5) is 5.69 Å². The monoisotopic (exact) mass is 392 g/mol. The van der Waals surface area contributed by atoms with Gasteiger partial charge in [0.15, 0.2) is 5.78 Å². The summed E-state index contributed by atoms with van der Waals surface area (Å²) in [6.45, 7) is 3.76. The van der Waals surface area contributed by atoms with Crippen molar-refractivity contribution in [2.75, 3.05) is 31.8 Å². The molecule has 2 aromatic carbocycles. The van der Waals surface area contributed by atoms with E-state index in [1.165, 1.54) is 4.90 Å². The zero-order chi connectivity index (χ0) is 20.5. The van der Waals surface area contributed by atoms with E-state index in [1.54, 1.807) is 25.3 Å². The van der Waals surface area contributed by atoms with E-state index in [-0.39, 0.29) is 11.7 Å². The predicted molar refractivity (Wildman–Crippen MR) is 109 cm³/mol. The lowest BCUT2D eigenvalue weighted by Crippen LogP contribution is -2.45. The Morgan fingerprint density at radius 3 is 2.41 bits per heavy atom. The molecule has 0 atom stereocenters. The lowest BCUT2D eigenvalue weighted by atomic mass is 9.89. The number of piperidine rings is 1. The number of benzene rings is 2. The lowest BCUT2D eigenvalue weighted by molar-refractivity contribution is -0.114. The maximum atomic E-state index is 12.7. The van der Waals surface area contributed by atoms with Gasteiger partial charge in [-0.05, 0) is 31.9 Å². The molecular formula is C23H24N2O4. The molecule has 6 heteroatoms. The van der Waals surface area contributed by atoms with E-state index in [1.807, 2.05) is 31.2 Å². The number of nitrogens with zero attached hydrogens (tertiary/aromatic N) is 2. The number of anilines is 1. The molecule has 1 fully saturated rings. The van der Waals surface area contributed by atoms with Gasteiger partial charge in [0.2, 0.25) is 0 Å². The van der Waals surface area contributed by atoms with Crippen molar-refractivity contribution in [3.8, 4) is 5.75 Å². The van der Waals surface area contributed by atoms with Crippen LogP contribution in [0, 0.1) is 12.8 Å². The maximum Gasteiger partial charge on any atom is 0.300 e. The Morgan fingerprint density at radius 2 is 1.76 bits per heavy atom. The third-order valence-electron chi connectivity index (χ3n) is 5.82. The number of methoxy groups -OCH3 is 1. The van der Waals surface area contributed by atoms with E-state index < -0.39 is 11.7 Å². The van der Waals surface area contributed by atoms with E-state index in [9.17, 15) is 14.4 Å². The van der Waals surface area contributed by atoms with Gasteiger partial charge in [0, 0.05) is 30.6 Å². The molecule has 2 aliphatic heterocycles. The Balaban J connectivity index is 1.41. The Hall–Kier alpha value is -2.99. The van der Waals surface area contributed by atoms with Gasteiger partial charge in [-0.15, -0.1) is 0 Å². The second-order valence-electron chi connectivity index (χ2n) is 7.71. The molecule has 2 aliphatic rings. The molecule has 1 amide bonds. The van der Waals surface area contributed by atoms with E-state index in [2.05, 4.69) is 4.90 Å². The summed E-state index contributed by atoms with van der Waals surface area (Å²) in [7, 11) is 1.56. The Bertz CT molecular complexity index is 959. The van der Waals surface area contributed by atoms with Crippen LogP contribution in [-0.4, -0.2) is 49.2 Å². The Morgan fingerprint density at radius 1 is 1.07 bits per heavy atom. The highest BCUT2D eigenvalue weighted by Crippen LogP contribution is 2.33. The Kier molecular flexibility index (Phi) is 5.20. The molecular weight excluding hydrogens is 368 g/mol. The van der Waals surface area contributed by atoms with Crippen molar-refractivity contribution in [1.29, 1.82) is 0 Å². The minimum absolute atomic E-state index is 0.00255. The molecule has 4 rings (SSSR count). The standard InChI is InChI=1S/C23H24N2O4/c1-15-3-5-16(6-4-15)21(26)17-9-11-24(12-10-17)14-25-20-13-18(29-2)7-8-19(20)22(27)23(25)28/h3-8,13,17H,9-12,14H2,1-2H3. The summed E-state index contributed by atoms with van der Waals surface area (Å²) in [5.41, 5.74) is 2.91. The second kappa shape index (κ2) is 7.79. The van der Waals surface area contributed by atoms with Gasteiger partial charge in [0.05, 0.1) is 25.0 Å². The first kappa shape index (κ1) is 19.3. The van der Waals surface area contributed by atoms with Gasteiger partial charge in [0.1, 0.15) is 5.75 Å². The van der Waals surface area contributed by atoms with E-state index in [0.29, 0.717) is 36.8 Å². The summed E-state index contributed by atoms with van der Waals surface area (Å²) in [5.74, 6) is -0.193. The summed E-state index contributed by atoms with van der Waals surface area (Å²) in [4.78, 5) is 41.1. The molecule has 29 heavy (non-hydrogen) atoms. The summed E-state index contributed by atoms with van der Waals surface area (Å²) in [6, 6.07) is 12.8. The molecule has 0 N–H and O–H groups in total. The number of ether oxygens (including phenoxy) is 1. The second-order valence-corrected chi connectivity index (χ2v) is 7.71. The first-order chi connectivity index (χ1) is 14.0. The first-order valence-electron chi connectivity index (χ1n) is 9.85. The minimum atomic E-state index is -0.508. The number of rotatable bonds is 5. The quantitative estimate of drug-likeness (QED) is 0.578. The van der Waals surface area contributed by atoms with Crippen LogP contribution in [0.2, 0.25) is 0 Å². The molecule has 0 unspecified atom stereocenters. The van der Waals surface area contributed by atoms with Crippen LogP contribution in [0.25, 0.3) is 0 Å². The summed E-state index contributed by atoms with van der Waals surface area (Å²) >= 11 is 0. The number of hydrogen-bond donors (Lipinski definition) is 0. The number of carbonyl (C=O) groups is 3. The minimum Gasteiger partial charge on any atom is -0.497 e. The SMILES string of the molecule is COc1ccc2c(c1)N(CN1CCC(C(=O)c3ccc(C)cc3)CC1)C(=O)C2=O. The molecule has 1 saturated heterocycles. The fourth-order valence-electron chi connectivity index (χ4n) is 4.03. The van der Waals surface area contributed by atoms with Crippen LogP contribution in [0.15, 0.2) is 42.5 Å². The third-order valence-corrected chi connectivity index (χ3v) is 5.82. The van der Waals surface area contributed by atoms with Crippen molar-refractivity contribution < 1.29 is 19.1 Å². The smallest absolute Gasteiger partial charge is 0.300 e. The predicted octanol–water partition coefficient (Wildman–Crippen LogP) is 3.09. The number of aryl methyl sites for hydroxylation is 1. The number of hydrogen-bond acceptors (Lipinski definition) is 5. The van der Waals surface area contributed by atoms with Crippen molar-refractivity contribution in [3.05, 3.63) is 59.2 Å². The fraction of sp³-hybridized carbons (Fsp3) is 0.348. The summed E-state index contributed by atoms with van der Waals surface area (Å²) in [6.07, 6.45) is 1.49. The highest BCUT2D eigenvalue weighted by molar-refractivity contribution is 6.52. The molecule has 0 bridgehead atoms. The first-order valence-corrected chi connectivity index (χ1v) is 9.85. The normalized spacial score (nSPS) is 17.5. The van der Waals surface area contributed by atoms with Crippen LogP contribution >= 0.6 is 0 Å². The summed E-state index contributed by atoms with van der Waals surface area (Å²) in [5, 5.41) is 0. The molecule has 0 spiro atoms. The van der Waals surface area contributed by atoms with Gasteiger partial charge >= 0.3 is 5.91 Å². The number of amides is 1. The van der Waals surface area contributed by atoms with Crippen LogP contribution in [0.5, 0.6) is 5.75 Å². The van der Waals surface area contributed by atoms with Crippen molar-refractivity contribution >= 4 is 23.2 Å². The van der Waals surface area contributed by atoms with Crippen LogP contribution < -0.4 is 9.64 Å². The Labute approximate surface area is 170 Å². The van der Waals surface area contributed by atoms with Gasteiger partial charge in [-0.25, -0.2) is 0 Å². The molecule has 0 saturated carbocycles. The van der Waals surface area contributed by atoms with Crippen LogP contribution in [0.3, 0.4) is 0 Å². The average molecular weight is 392 g/mol. The van der Waals surface area contributed by atoms with E-state index in [4.69, 9.17) is 4.74 Å². The third kappa shape index (κ3) is 3.68. The van der Waals surface area contributed by atoms with E-state index in [0.717, 1.165) is 24.0 Å². The highest BCUT2D eigenvalue weighted by Gasteiger charge is 2.37. The molecule has 0 aliphatic carbocycles. The molecule has 2 aromatic rings.